The number of aromatic carboxylic acids is 2. The molecule has 14 nitrogen and oxygen atoms in total. The van der Waals surface area contributed by atoms with Crippen LogP contribution in [0.3, 0.4) is 0 Å². The predicted molar refractivity (Wildman–Crippen MR) is 66.6 cm³/mol. The number of hydrogen-bond donors (Lipinski definition) is 1. The van der Waals surface area contributed by atoms with E-state index in [2.05, 4.69) is 19.9 Å². The first-order valence-electron chi connectivity index (χ1n) is 4.72. The van der Waals surface area contributed by atoms with Crippen LogP contribution in [-0.2, 0) is 24.0 Å². The minimum absolute atomic E-state index is 0. The second kappa shape index (κ2) is 23.7. The molecule has 0 saturated heterocycles. The van der Waals surface area contributed by atoms with Crippen molar-refractivity contribution in [1.29, 1.82) is 0 Å². The average molecular weight is 399 g/mol. The molecule has 0 atom stereocenters. The van der Waals surface area contributed by atoms with Gasteiger partial charge in [0.25, 0.3) is 0 Å². The van der Waals surface area contributed by atoms with Gasteiger partial charge < -0.3 is 52.9 Å². The maximum absolute atomic E-state index is 9.99. The van der Waals surface area contributed by atoms with Crippen molar-refractivity contribution in [3.05, 3.63) is 48.6 Å². The maximum Gasteiger partial charge on any atom is 0.104 e. The molecule has 0 aliphatic heterocycles. The molecule has 2 rings (SSSR count). The van der Waals surface area contributed by atoms with Gasteiger partial charge in [-0.25, -0.2) is 0 Å². The molecular formula is C10H14N5O9V-5. The van der Waals surface area contributed by atoms with Gasteiger partial charge in [0.05, 0.1) is 24.3 Å². The van der Waals surface area contributed by atoms with Gasteiger partial charge in [0.15, 0.2) is 0 Å². The molecule has 2 aromatic heterocycles. The van der Waals surface area contributed by atoms with E-state index >= 15 is 0 Å². The molecule has 2 heterocycles. The Morgan fingerprint density at radius 3 is 1.16 bits per heavy atom. The van der Waals surface area contributed by atoms with Crippen molar-refractivity contribution in [3.8, 4) is 0 Å². The van der Waals surface area contributed by atoms with Crippen molar-refractivity contribution < 1.29 is 65.3 Å². The Labute approximate surface area is 152 Å². The number of carboxylic acids is 2. The summed E-state index contributed by atoms with van der Waals surface area (Å²) in [4.78, 5) is 33.9. The van der Waals surface area contributed by atoms with E-state index < -0.39 is 11.9 Å². The van der Waals surface area contributed by atoms with Crippen molar-refractivity contribution >= 4 is 11.9 Å². The summed E-state index contributed by atoms with van der Waals surface area (Å²) in [6.45, 7) is 0. The Balaban J connectivity index is -0.0000000555. The smallest absolute Gasteiger partial charge is 0.104 e. The molecule has 143 valence electrons. The fourth-order valence-electron chi connectivity index (χ4n) is 0.809. The Bertz CT molecular complexity index is 485. The summed E-state index contributed by atoms with van der Waals surface area (Å²) in [6.07, 6.45) is 7.65. The molecule has 15 heteroatoms. The van der Waals surface area contributed by atoms with Crippen LogP contribution in [0.1, 0.15) is 21.0 Å². The second-order valence-electron chi connectivity index (χ2n) is 2.76. The molecule has 0 spiro atoms. The Morgan fingerprint density at radius 2 is 1.04 bits per heavy atom. The van der Waals surface area contributed by atoms with Crippen molar-refractivity contribution in [2.75, 3.05) is 0 Å². The molecule has 0 aromatic carbocycles. The summed E-state index contributed by atoms with van der Waals surface area (Å²) in [6, 6.07) is 0. The topological polar surface area (TPSA) is 306 Å². The third-order valence-electron chi connectivity index (χ3n) is 1.54. The quantitative estimate of drug-likeness (QED) is 0.367. The van der Waals surface area contributed by atoms with E-state index in [-0.39, 0.29) is 52.5 Å². The van der Waals surface area contributed by atoms with E-state index in [4.69, 9.17) is 10.5 Å². The molecular weight excluding hydrogens is 385 g/mol. The zero-order valence-electron chi connectivity index (χ0n) is 12.6. The molecule has 0 unspecified atom stereocenters. The van der Waals surface area contributed by atoms with Gasteiger partial charge in [-0.15, -0.1) is 0 Å². The number of rotatable bonds is 2. The molecule has 0 bridgehead atoms. The van der Waals surface area contributed by atoms with Gasteiger partial charge >= 0.3 is 0 Å². The molecule has 0 amide bonds. The number of nitrogens with zero attached hydrogens (tertiary/aromatic N) is 4. The Hall–Kier alpha value is -2.56. The summed E-state index contributed by atoms with van der Waals surface area (Å²) in [5.41, 5.74) is -0.282. The van der Waals surface area contributed by atoms with Crippen LogP contribution in [-0.4, -0.2) is 42.8 Å². The van der Waals surface area contributed by atoms with Gasteiger partial charge in [-0.2, -0.15) is 0 Å². The monoisotopic (exact) mass is 399 g/mol. The first-order chi connectivity index (χ1) is 9.61. The SMILES string of the molecule is O.O.O=C([O-])c1cnccn1.O=C([O-])c1cnccn1.[NH4+].[O-2].[O-][O-].[V]. The fourth-order valence-corrected chi connectivity index (χ4v) is 0.809. The number of carbonyl (C=O) groups is 2. The Kier molecular flexibility index (Phi) is 36.2. The minimum atomic E-state index is -1.30. The number of quaternary nitrogens is 1. The second-order valence-corrected chi connectivity index (χ2v) is 2.76. The van der Waals surface area contributed by atoms with Crippen LogP contribution >= 0.6 is 0 Å². The van der Waals surface area contributed by atoms with Crippen LogP contribution in [0, 0.1) is 0 Å². The minimum Gasteiger partial charge on any atom is -2.00 e. The van der Waals surface area contributed by atoms with Gasteiger partial charge in [0, 0.05) is 43.3 Å². The van der Waals surface area contributed by atoms with Crippen LogP contribution in [0.2, 0.25) is 0 Å². The zero-order chi connectivity index (χ0) is 15.4. The van der Waals surface area contributed by atoms with E-state index in [1.165, 1.54) is 24.8 Å². The first kappa shape index (κ1) is 38.2. The number of carboxylic acid groups (broad SMARTS) is 2. The third kappa shape index (κ3) is 17.6. The summed E-state index contributed by atoms with van der Waals surface area (Å²) in [5, 5.41) is 34.0. The van der Waals surface area contributed by atoms with E-state index in [1.807, 2.05) is 0 Å². The molecule has 8 N–H and O–H groups in total. The summed E-state index contributed by atoms with van der Waals surface area (Å²) >= 11 is 0. The van der Waals surface area contributed by atoms with Gasteiger partial charge in [-0.05, 0) is 0 Å². The van der Waals surface area contributed by atoms with Crippen LogP contribution < -0.4 is 26.9 Å². The van der Waals surface area contributed by atoms with Crippen molar-refractivity contribution in [1.82, 2.24) is 26.1 Å². The molecule has 25 heavy (non-hydrogen) atoms. The van der Waals surface area contributed by atoms with Gasteiger partial charge in [0.1, 0.15) is 11.4 Å². The van der Waals surface area contributed by atoms with E-state index in [0.29, 0.717) is 0 Å². The number of aromatic nitrogens is 4. The molecule has 0 saturated carbocycles. The standard InChI is InChI=1S/2C5H4N2O2.H3N.O2.2H2O.O.V/c2*8-5(9)4-3-6-1-2-7-4;;1-2;;;;/h2*1-3H,(H,8,9);1H3;;2*1H2;;/q;;;-2;;;-2;/p-1. The molecule has 1 radical (unpaired) electrons. The van der Waals surface area contributed by atoms with Gasteiger partial charge in [0.2, 0.25) is 0 Å². The van der Waals surface area contributed by atoms with Crippen LogP contribution in [0.25, 0.3) is 0 Å². The molecule has 2 aromatic rings. The largest absolute Gasteiger partial charge is 2.00 e. The van der Waals surface area contributed by atoms with Crippen LogP contribution in [0.4, 0.5) is 0 Å². The van der Waals surface area contributed by atoms with Crippen LogP contribution in [0.5, 0.6) is 0 Å². The molecule has 0 aliphatic rings. The van der Waals surface area contributed by atoms with Crippen molar-refractivity contribution in [3.63, 3.8) is 0 Å². The van der Waals surface area contributed by atoms with Crippen LogP contribution in [0.15, 0.2) is 37.2 Å². The van der Waals surface area contributed by atoms with Crippen molar-refractivity contribution in [2.24, 2.45) is 0 Å². The van der Waals surface area contributed by atoms with E-state index in [1.54, 1.807) is 0 Å². The number of carbonyl (C=O) groups excluding carboxylic acids is 2. The maximum atomic E-state index is 9.99. The molecule has 0 fully saturated rings. The summed E-state index contributed by atoms with van der Waals surface area (Å²) in [5.74, 6) is -2.61. The average Bonchev–Trinajstić information content (AvgIpc) is 2.51. The van der Waals surface area contributed by atoms with Crippen molar-refractivity contribution in [2.45, 2.75) is 0 Å². The van der Waals surface area contributed by atoms with Gasteiger partial charge in [-0.3, -0.25) is 19.9 Å². The summed E-state index contributed by atoms with van der Waals surface area (Å²) < 4.78 is 0. The summed E-state index contributed by atoms with van der Waals surface area (Å²) in [7, 11) is 0. The van der Waals surface area contributed by atoms with E-state index in [9.17, 15) is 19.8 Å². The number of hydrogen-bond acceptors (Lipinski definition) is 10. The predicted octanol–water partition coefficient (Wildman–Crippen LogP) is -6.09. The molecule has 0 aliphatic carbocycles. The normalized spacial score (nSPS) is 6.64. The third-order valence-corrected chi connectivity index (χ3v) is 1.54. The van der Waals surface area contributed by atoms with E-state index in [0.717, 1.165) is 12.4 Å². The van der Waals surface area contributed by atoms with Gasteiger partial charge in [-0.1, -0.05) is 0 Å². The zero-order valence-corrected chi connectivity index (χ0v) is 14.0. The Morgan fingerprint density at radius 1 is 0.760 bits per heavy atom. The fraction of sp³-hybridized carbons (Fsp3) is 0. The first-order valence-corrected chi connectivity index (χ1v) is 4.72.